The zero-order valence-corrected chi connectivity index (χ0v) is 10.6. The van der Waals surface area contributed by atoms with Gasteiger partial charge in [-0.1, -0.05) is 25.4 Å². The summed E-state index contributed by atoms with van der Waals surface area (Å²) in [5.74, 6) is 0.977. The van der Waals surface area contributed by atoms with Crippen LogP contribution in [0.25, 0.3) is 0 Å². The molecule has 1 aromatic carbocycles. The topological polar surface area (TPSA) is 21.3 Å². The predicted octanol–water partition coefficient (Wildman–Crippen LogP) is 3.55. The maximum absolute atomic E-state index is 6.03. The van der Waals surface area contributed by atoms with E-state index < -0.39 is 0 Å². The molecule has 0 amide bonds. The van der Waals surface area contributed by atoms with Gasteiger partial charge in [0.1, 0.15) is 11.9 Å². The van der Waals surface area contributed by atoms with Crippen molar-refractivity contribution in [2.45, 2.75) is 38.8 Å². The molecule has 0 saturated carbocycles. The van der Waals surface area contributed by atoms with Gasteiger partial charge in [-0.15, -0.1) is 0 Å². The summed E-state index contributed by atoms with van der Waals surface area (Å²) in [5.41, 5.74) is 1.20. The minimum Gasteiger partial charge on any atom is -0.488 e. The van der Waals surface area contributed by atoms with Crippen LogP contribution in [0.1, 0.15) is 38.3 Å². The fraction of sp³-hybridized carbons (Fsp3) is 0.538. The number of nitrogens with one attached hydrogen (secondary N) is 1. The number of halogens is 1. The van der Waals surface area contributed by atoms with Crippen LogP contribution in [0.15, 0.2) is 18.2 Å². The number of rotatable bonds is 4. The Morgan fingerprint density at radius 1 is 1.38 bits per heavy atom. The van der Waals surface area contributed by atoms with E-state index in [0.29, 0.717) is 6.04 Å². The molecule has 1 aliphatic rings. The molecule has 1 aliphatic heterocycles. The second kappa shape index (κ2) is 5.07. The molecule has 1 heterocycles. The minimum absolute atomic E-state index is 0.236. The van der Waals surface area contributed by atoms with Gasteiger partial charge in [0.2, 0.25) is 0 Å². The Bertz CT molecular complexity index is 367. The lowest BCUT2D eigenvalue weighted by Gasteiger charge is -2.18. The highest BCUT2D eigenvalue weighted by atomic mass is 35.5. The van der Waals surface area contributed by atoms with E-state index in [1.807, 2.05) is 18.2 Å². The predicted molar refractivity (Wildman–Crippen MR) is 67.2 cm³/mol. The van der Waals surface area contributed by atoms with E-state index in [1.54, 1.807) is 0 Å². The highest BCUT2D eigenvalue weighted by Gasteiger charge is 2.32. The average Bonchev–Trinajstić information content (AvgIpc) is 2.63. The molecule has 1 aromatic rings. The number of hydrogen-bond acceptors (Lipinski definition) is 2. The molecule has 0 saturated heterocycles. The first-order valence-electron chi connectivity index (χ1n) is 5.95. The van der Waals surface area contributed by atoms with Gasteiger partial charge in [-0.3, -0.25) is 0 Å². The third-order valence-corrected chi connectivity index (χ3v) is 3.21. The highest BCUT2D eigenvalue weighted by Crippen LogP contribution is 2.39. The second-order valence-corrected chi connectivity index (χ2v) is 4.61. The largest absolute Gasteiger partial charge is 0.488 e. The fourth-order valence-corrected chi connectivity index (χ4v) is 2.34. The maximum atomic E-state index is 6.03. The summed E-state index contributed by atoms with van der Waals surface area (Å²) < 4.78 is 5.90. The zero-order chi connectivity index (χ0) is 11.5. The summed E-state index contributed by atoms with van der Waals surface area (Å²) in [6.45, 7) is 5.33. The van der Waals surface area contributed by atoms with Gasteiger partial charge in [0, 0.05) is 10.6 Å². The number of hydrogen-bond donors (Lipinski definition) is 1. The van der Waals surface area contributed by atoms with Gasteiger partial charge in [-0.05, 0) is 37.6 Å². The van der Waals surface area contributed by atoms with Gasteiger partial charge in [-0.2, -0.15) is 0 Å². The molecule has 0 aromatic heterocycles. The van der Waals surface area contributed by atoms with E-state index in [2.05, 4.69) is 19.2 Å². The van der Waals surface area contributed by atoms with Crippen LogP contribution >= 0.6 is 11.6 Å². The van der Waals surface area contributed by atoms with Gasteiger partial charge >= 0.3 is 0 Å². The SMILES string of the molecule is CCCNC1c2cc(Cl)ccc2OC1CC. The first kappa shape index (κ1) is 11.7. The molecule has 2 nitrogen and oxygen atoms in total. The average molecular weight is 240 g/mol. The molecule has 1 N–H and O–H groups in total. The fourth-order valence-electron chi connectivity index (χ4n) is 2.16. The maximum Gasteiger partial charge on any atom is 0.124 e. The smallest absolute Gasteiger partial charge is 0.124 e. The van der Waals surface area contributed by atoms with Gasteiger partial charge < -0.3 is 10.1 Å². The number of ether oxygens (including phenoxy) is 1. The van der Waals surface area contributed by atoms with E-state index in [4.69, 9.17) is 16.3 Å². The van der Waals surface area contributed by atoms with Crippen LogP contribution in [0, 0.1) is 0 Å². The molecule has 16 heavy (non-hydrogen) atoms. The van der Waals surface area contributed by atoms with Crippen LogP contribution in [0.2, 0.25) is 5.02 Å². The van der Waals surface area contributed by atoms with E-state index in [9.17, 15) is 0 Å². The van der Waals surface area contributed by atoms with Crippen molar-refractivity contribution >= 4 is 11.6 Å². The molecule has 0 bridgehead atoms. The minimum atomic E-state index is 0.236. The molecular formula is C13H18ClNO. The van der Waals surface area contributed by atoms with Crippen molar-refractivity contribution in [3.8, 4) is 5.75 Å². The lowest BCUT2D eigenvalue weighted by molar-refractivity contribution is 0.185. The van der Waals surface area contributed by atoms with Crippen LogP contribution in [0.3, 0.4) is 0 Å². The Balaban J connectivity index is 2.24. The van der Waals surface area contributed by atoms with Gasteiger partial charge in [0.25, 0.3) is 0 Å². The molecule has 0 radical (unpaired) electrons. The lowest BCUT2D eigenvalue weighted by Crippen LogP contribution is -2.31. The van der Waals surface area contributed by atoms with Crippen LogP contribution in [-0.4, -0.2) is 12.6 Å². The molecular weight excluding hydrogens is 222 g/mol. The number of benzene rings is 1. The van der Waals surface area contributed by atoms with E-state index in [-0.39, 0.29) is 6.10 Å². The van der Waals surface area contributed by atoms with Crippen molar-refractivity contribution in [2.24, 2.45) is 0 Å². The summed E-state index contributed by atoms with van der Waals surface area (Å²) in [5, 5.41) is 4.31. The van der Waals surface area contributed by atoms with Crippen molar-refractivity contribution < 1.29 is 4.74 Å². The van der Waals surface area contributed by atoms with E-state index in [0.717, 1.165) is 30.2 Å². The van der Waals surface area contributed by atoms with Crippen LogP contribution in [-0.2, 0) is 0 Å². The first-order chi connectivity index (χ1) is 7.76. The molecule has 88 valence electrons. The highest BCUT2D eigenvalue weighted by molar-refractivity contribution is 6.30. The van der Waals surface area contributed by atoms with Crippen molar-refractivity contribution in [3.63, 3.8) is 0 Å². The molecule has 2 unspecified atom stereocenters. The Labute approximate surface area is 102 Å². The zero-order valence-electron chi connectivity index (χ0n) is 9.79. The summed E-state index contributed by atoms with van der Waals surface area (Å²) >= 11 is 6.03. The van der Waals surface area contributed by atoms with Crippen molar-refractivity contribution in [1.82, 2.24) is 5.32 Å². The normalized spacial score (nSPS) is 22.9. The Morgan fingerprint density at radius 2 is 2.19 bits per heavy atom. The molecule has 0 aliphatic carbocycles. The Hall–Kier alpha value is -0.730. The molecule has 3 heteroatoms. The number of fused-ring (bicyclic) bond motifs is 1. The second-order valence-electron chi connectivity index (χ2n) is 4.18. The van der Waals surface area contributed by atoms with Crippen LogP contribution in [0.5, 0.6) is 5.75 Å². The molecule has 0 fully saturated rings. The van der Waals surface area contributed by atoms with Crippen LogP contribution in [0.4, 0.5) is 0 Å². The Morgan fingerprint density at radius 3 is 2.88 bits per heavy atom. The molecule has 2 atom stereocenters. The molecule has 2 rings (SSSR count). The van der Waals surface area contributed by atoms with Gasteiger partial charge in [0.15, 0.2) is 0 Å². The van der Waals surface area contributed by atoms with Crippen molar-refractivity contribution in [3.05, 3.63) is 28.8 Å². The van der Waals surface area contributed by atoms with Gasteiger partial charge in [0.05, 0.1) is 6.04 Å². The Kier molecular flexibility index (Phi) is 3.72. The van der Waals surface area contributed by atoms with Crippen molar-refractivity contribution in [1.29, 1.82) is 0 Å². The van der Waals surface area contributed by atoms with Crippen molar-refractivity contribution in [2.75, 3.05) is 6.54 Å². The van der Waals surface area contributed by atoms with Gasteiger partial charge in [-0.25, -0.2) is 0 Å². The third kappa shape index (κ3) is 2.18. The summed E-state index contributed by atoms with van der Waals surface area (Å²) in [4.78, 5) is 0. The lowest BCUT2D eigenvalue weighted by atomic mass is 10.0. The van der Waals surface area contributed by atoms with E-state index >= 15 is 0 Å². The summed E-state index contributed by atoms with van der Waals surface area (Å²) in [7, 11) is 0. The van der Waals surface area contributed by atoms with E-state index in [1.165, 1.54) is 5.56 Å². The third-order valence-electron chi connectivity index (χ3n) is 2.97. The van der Waals surface area contributed by atoms with Crippen LogP contribution < -0.4 is 10.1 Å². The monoisotopic (exact) mass is 239 g/mol. The molecule has 0 spiro atoms. The standard InChI is InChI=1S/C13H18ClNO/c1-3-7-15-13-10-8-9(14)5-6-12(10)16-11(13)4-2/h5-6,8,11,13,15H,3-4,7H2,1-2H3. The summed E-state index contributed by atoms with van der Waals surface area (Å²) in [6.07, 6.45) is 2.37. The quantitative estimate of drug-likeness (QED) is 0.868. The summed E-state index contributed by atoms with van der Waals surface area (Å²) in [6, 6.07) is 6.15. The first-order valence-corrected chi connectivity index (χ1v) is 6.33.